The van der Waals surface area contributed by atoms with Gasteiger partial charge in [-0.05, 0) is 18.2 Å². The third-order valence-electron chi connectivity index (χ3n) is 3.75. The van der Waals surface area contributed by atoms with E-state index in [0.717, 1.165) is 33.0 Å². The van der Waals surface area contributed by atoms with Gasteiger partial charge in [0.05, 0.1) is 15.6 Å². The van der Waals surface area contributed by atoms with Gasteiger partial charge in [0, 0.05) is 27.2 Å². The van der Waals surface area contributed by atoms with Crippen LogP contribution in [0.4, 0.5) is 0 Å². The smallest absolute Gasteiger partial charge is 0.224 e. The first-order valence-electron chi connectivity index (χ1n) is 6.34. The number of hydrogen-bond acceptors (Lipinski definition) is 2. The van der Waals surface area contributed by atoms with Crippen molar-refractivity contribution in [2.75, 3.05) is 0 Å². The molecule has 0 aliphatic rings. The van der Waals surface area contributed by atoms with Crippen LogP contribution in [0, 0.1) is 0 Å². The number of halogens is 1. The van der Waals surface area contributed by atoms with Crippen LogP contribution < -0.4 is 0 Å². The SMILES string of the molecule is Cln1c2ccccc2c2c3sc4ccccc4c3oc21. The molecule has 0 spiro atoms. The molecule has 0 radical (unpaired) electrons. The van der Waals surface area contributed by atoms with Gasteiger partial charge in [0.2, 0.25) is 5.71 Å². The summed E-state index contributed by atoms with van der Waals surface area (Å²) >= 11 is 8.16. The number of nitrogens with zero attached hydrogens (tertiary/aromatic N) is 1. The summed E-state index contributed by atoms with van der Waals surface area (Å²) in [6.07, 6.45) is 0. The van der Waals surface area contributed by atoms with E-state index < -0.39 is 0 Å². The minimum absolute atomic E-state index is 0.736. The van der Waals surface area contributed by atoms with Crippen LogP contribution in [0.15, 0.2) is 52.9 Å². The predicted molar refractivity (Wildman–Crippen MR) is 85.9 cm³/mol. The van der Waals surface area contributed by atoms with Crippen LogP contribution in [-0.4, -0.2) is 4.09 Å². The molecule has 20 heavy (non-hydrogen) atoms. The van der Waals surface area contributed by atoms with Gasteiger partial charge in [-0.2, -0.15) is 0 Å². The van der Waals surface area contributed by atoms with Crippen molar-refractivity contribution in [2.45, 2.75) is 0 Å². The zero-order chi connectivity index (χ0) is 13.3. The summed E-state index contributed by atoms with van der Waals surface area (Å²) in [5, 5.41) is 3.42. The van der Waals surface area contributed by atoms with Crippen LogP contribution in [0.5, 0.6) is 0 Å². The molecule has 0 bridgehead atoms. The quantitative estimate of drug-likeness (QED) is 0.355. The lowest BCUT2D eigenvalue weighted by Crippen LogP contribution is -1.76. The fourth-order valence-corrected chi connectivity index (χ4v) is 4.32. The van der Waals surface area contributed by atoms with Crippen molar-refractivity contribution < 1.29 is 4.42 Å². The average molecular weight is 298 g/mol. The first kappa shape index (κ1) is 10.8. The highest BCUT2D eigenvalue weighted by Gasteiger charge is 2.20. The Bertz CT molecular complexity index is 1120. The molecule has 4 heteroatoms. The van der Waals surface area contributed by atoms with E-state index in [9.17, 15) is 0 Å². The van der Waals surface area contributed by atoms with Crippen LogP contribution in [0.2, 0.25) is 0 Å². The highest BCUT2D eigenvalue weighted by Crippen LogP contribution is 2.44. The van der Waals surface area contributed by atoms with Crippen molar-refractivity contribution in [3.63, 3.8) is 0 Å². The normalized spacial score (nSPS) is 12.2. The number of fused-ring (bicyclic) bond motifs is 7. The molecule has 0 unspecified atom stereocenters. The number of furan rings is 1. The minimum atomic E-state index is 0.736. The fourth-order valence-electron chi connectivity index (χ4n) is 2.87. The highest BCUT2D eigenvalue weighted by molar-refractivity contribution is 7.26. The Hall–Kier alpha value is -1.97. The maximum atomic E-state index is 6.40. The summed E-state index contributed by atoms with van der Waals surface area (Å²) in [6.45, 7) is 0. The number of thiophene rings is 1. The molecule has 2 aromatic carbocycles. The summed E-state index contributed by atoms with van der Waals surface area (Å²) in [5.41, 5.74) is 2.66. The second kappa shape index (κ2) is 3.57. The maximum Gasteiger partial charge on any atom is 0.224 e. The number of rotatable bonds is 0. The van der Waals surface area contributed by atoms with E-state index in [1.165, 1.54) is 9.40 Å². The summed E-state index contributed by atoms with van der Waals surface area (Å²) in [7, 11) is 0. The summed E-state index contributed by atoms with van der Waals surface area (Å²) in [5.74, 6) is 0. The van der Waals surface area contributed by atoms with Gasteiger partial charge in [-0.3, -0.25) is 0 Å². The van der Waals surface area contributed by atoms with E-state index >= 15 is 0 Å². The van der Waals surface area contributed by atoms with Crippen molar-refractivity contribution in [2.24, 2.45) is 0 Å². The lowest BCUT2D eigenvalue weighted by atomic mass is 10.2. The number of hydrogen-bond donors (Lipinski definition) is 0. The van der Waals surface area contributed by atoms with Gasteiger partial charge in [-0.1, -0.05) is 30.3 Å². The van der Waals surface area contributed by atoms with Gasteiger partial charge in [0.1, 0.15) is 0 Å². The van der Waals surface area contributed by atoms with Crippen LogP contribution in [-0.2, 0) is 0 Å². The van der Waals surface area contributed by atoms with Gasteiger partial charge in [0.25, 0.3) is 0 Å². The second-order valence-electron chi connectivity index (χ2n) is 4.84. The molecule has 0 aliphatic carbocycles. The van der Waals surface area contributed by atoms with Gasteiger partial charge in [0.15, 0.2) is 5.58 Å². The first-order chi connectivity index (χ1) is 9.84. The van der Waals surface area contributed by atoms with E-state index in [1.807, 2.05) is 24.3 Å². The molecule has 0 aliphatic heterocycles. The molecule has 0 atom stereocenters. The van der Waals surface area contributed by atoms with Crippen LogP contribution in [0.3, 0.4) is 0 Å². The number of aromatic nitrogens is 1. The predicted octanol–water partition coefficient (Wildman–Crippen LogP) is 5.76. The fraction of sp³-hybridized carbons (Fsp3) is 0. The molecule has 2 nitrogen and oxygen atoms in total. The Balaban J connectivity index is 2.14. The lowest BCUT2D eigenvalue weighted by Gasteiger charge is -1.92. The molecule has 96 valence electrons. The molecule has 5 aromatic rings. The Kier molecular flexibility index (Phi) is 1.92. The molecule has 0 saturated carbocycles. The molecule has 0 fully saturated rings. The van der Waals surface area contributed by atoms with E-state index in [0.29, 0.717) is 0 Å². The standard InChI is InChI=1S/C16H8ClNOS/c17-18-11-7-3-1-5-9(11)13-15-14(19-16(13)18)10-6-2-4-8-12(10)20-15/h1-8H. The Labute approximate surface area is 122 Å². The van der Waals surface area contributed by atoms with E-state index in [-0.39, 0.29) is 0 Å². The first-order valence-corrected chi connectivity index (χ1v) is 7.49. The summed E-state index contributed by atoms with van der Waals surface area (Å²) in [6, 6.07) is 16.4. The second-order valence-corrected chi connectivity index (χ2v) is 6.23. The van der Waals surface area contributed by atoms with Crippen molar-refractivity contribution >= 4 is 65.5 Å². The topological polar surface area (TPSA) is 18.1 Å². The molecule has 3 heterocycles. The number of para-hydroxylation sites is 1. The Morgan fingerprint density at radius 1 is 0.950 bits per heavy atom. The molecule has 3 aromatic heterocycles. The monoisotopic (exact) mass is 297 g/mol. The molecule has 0 saturated heterocycles. The van der Waals surface area contributed by atoms with Crippen LogP contribution in [0.25, 0.3) is 42.4 Å². The number of benzene rings is 2. The van der Waals surface area contributed by atoms with Crippen molar-refractivity contribution in [1.82, 2.24) is 4.09 Å². The van der Waals surface area contributed by atoms with Gasteiger partial charge >= 0.3 is 0 Å². The van der Waals surface area contributed by atoms with Crippen molar-refractivity contribution in [3.8, 4) is 0 Å². The Morgan fingerprint density at radius 3 is 2.60 bits per heavy atom. The van der Waals surface area contributed by atoms with Crippen LogP contribution >= 0.6 is 23.1 Å². The zero-order valence-electron chi connectivity index (χ0n) is 10.3. The van der Waals surface area contributed by atoms with Gasteiger partial charge in [-0.15, -0.1) is 11.3 Å². The molecular formula is C16H8ClNOS. The summed E-state index contributed by atoms with van der Waals surface area (Å²) < 4.78 is 10.1. The third-order valence-corrected chi connectivity index (χ3v) is 5.26. The lowest BCUT2D eigenvalue weighted by molar-refractivity contribution is 0.656. The van der Waals surface area contributed by atoms with E-state index in [2.05, 4.69) is 24.3 Å². The zero-order valence-corrected chi connectivity index (χ0v) is 11.8. The van der Waals surface area contributed by atoms with Crippen LogP contribution in [0.1, 0.15) is 0 Å². The maximum absolute atomic E-state index is 6.40. The third kappa shape index (κ3) is 1.15. The average Bonchev–Trinajstić information content (AvgIpc) is 3.09. The largest absolute Gasteiger partial charge is 0.437 e. The van der Waals surface area contributed by atoms with Gasteiger partial charge in [-0.25, -0.2) is 4.09 Å². The summed E-state index contributed by atoms with van der Waals surface area (Å²) in [4.78, 5) is 0. The van der Waals surface area contributed by atoms with E-state index in [1.54, 1.807) is 15.4 Å². The Morgan fingerprint density at radius 2 is 1.70 bits per heavy atom. The van der Waals surface area contributed by atoms with Gasteiger partial charge < -0.3 is 4.42 Å². The highest BCUT2D eigenvalue weighted by atomic mass is 35.5. The molecule has 0 N–H and O–H groups in total. The molecule has 5 rings (SSSR count). The van der Waals surface area contributed by atoms with Crippen molar-refractivity contribution in [1.29, 1.82) is 0 Å². The van der Waals surface area contributed by atoms with E-state index in [4.69, 9.17) is 16.2 Å². The molecule has 0 amide bonds. The van der Waals surface area contributed by atoms with Crippen molar-refractivity contribution in [3.05, 3.63) is 48.5 Å². The molecular weight excluding hydrogens is 290 g/mol. The minimum Gasteiger partial charge on any atom is -0.437 e.